The van der Waals surface area contributed by atoms with E-state index in [9.17, 15) is 9.59 Å². The zero-order chi connectivity index (χ0) is 11.5. The molecule has 0 saturated carbocycles. The molecule has 6 heteroatoms. The Morgan fingerprint density at radius 1 is 1.50 bits per heavy atom. The smallest absolute Gasteiger partial charge is 0.328 e. The van der Waals surface area contributed by atoms with Crippen molar-refractivity contribution in [1.82, 2.24) is 9.55 Å². The number of nitrogens with one attached hydrogen (secondary N) is 1. The highest BCUT2D eigenvalue weighted by Crippen LogP contribution is 2.13. The summed E-state index contributed by atoms with van der Waals surface area (Å²) in [6.07, 6.45) is 4.76. The number of rotatable bonds is 2. The van der Waals surface area contributed by atoms with Gasteiger partial charge in [0.25, 0.3) is 5.56 Å². The second-order valence-corrected chi connectivity index (χ2v) is 4.73. The van der Waals surface area contributed by atoms with E-state index in [0.717, 1.165) is 25.9 Å². The molecule has 1 aromatic rings. The van der Waals surface area contributed by atoms with Crippen LogP contribution >= 0.6 is 15.9 Å². The highest BCUT2D eigenvalue weighted by Gasteiger charge is 2.15. The number of aromatic nitrogens is 2. The van der Waals surface area contributed by atoms with Gasteiger partial charge in [-0.05, 0) is 35.2 Å². The topological polar surface area (TPSA) is 64.1 Å². The van der Waals surface area contributed by atoms with E-state index in [1.165, 1.54) is 10.8 Å². The van der Waals surface area contributed by atoms with E-state index in [2.05, 4.69) is 20.9 Å². The van der Waals surface area contributed by atoms with Gasteiger partial charge in [0.1, 0.15) is 0 Å². The van der Waals surface area contributed by atoms with Gasteiger partial charge >= 0.3 is 5.69 Å². The molecule has 1 aromatic heterocycles. The van der Waals surface area contributed by atoms with Crippen LogP contribution in [0.1, 0.15) is 19.3 Å². The Hall–Kier alpha value is -0.880. The van der Waals surface area contributed by atoms with Crippen molar-refractivity contribution in [3.05, 3.63) is 31.5 Å². The fourth-order valence-electron chi connectivity index (χ4n) is 1.79. The van der Waals surface area contributed by atoms with Crippen molar-refractivity contribution >= 4 is 15.9 Å². The zero-order valence-electron chi connectivity index (χ0n) is 8.74. The molecule has 1 fully saturated rings. The van der Waals surface area contributed by atoms with Crippen LogP contribution in [0.15, 0.2) is 20.3 Å². The van der Waals surface area contributed by atoms with Gasteiger partial charge < -0.3 is 4.74 Å². The van der Waals surface area contributed by atoms with Crippen LogP contribution in [0.2, 0.25) is 0 Å². The molecule has 1 saturated heterocycles. The largest absolute Gasteiger partial charge is 0.376 e. The van der Waals surface area contributed by atoms with Crippen molar-refractivity contribution in [3.63, 3.8) is 0 Å². The summed E-state index contributed by atoms with van der Waals surface area (Å²) < 4.78 is 7.38. The normalized spacial score (nSPS) is 20.9. The number of halogens is 1. The lowest BCUT2D eigenvalue weighted by atomic mass is 10.1. The summed E-state index contributed by atoms with van der Waals surface area (Å²) in [5.74, 6) is 0. The van der Waals surface area contributed by atoms with Gasteiger partial charge in [0.05, 0.1) is 17.1 Å². The van der Waals surface area contributed by atoms with Crippen LogP contribution in [0.3, 0.4) is 0 Å². The lowest BCUT2D eigenvalue weighted by molar-refractivity contribution is 0.00516. The third kappa shape index (κ3) is 2.62. The molecule has 0 aliphatic carbocycles. The number of hydrogen-bond donors (Lipinski definition) is 1. The minimum Gasteiger partial charge on any atom is -0.376 e. The molecule has 0 amide bonds. The first-order valence-electron chi connectivity index (χ1n) is 5.27. The summed E-state index contributed by atoms with van der Waals surface area (Å²) in [6, 6.07) is 0. The minimum atomic E-state index is -0.397. The molecule has 5 nitrogen and oxygen atoms in total. The van der Waals surface area contributed by atoms with Gasteiger partial charge in [-0.15, -0.1) is 0 Å². The van der Waals surface area contributed by atoms with Crippen LogP contribution in [0.25, 0.3) is 0 Å². The summed E-state index contributed by atoms with van der Waals surface area (Å²) in [6.45, 7) is 1.25. The van der Waals surface area contributed by atoms with Gasteiger partial charge in [0.2, 0.25) is 0 Å². The van der Waals surface area contributed by atoms with Crippen LogP contribution in [0.5, 0.6) is 0 Å². The standard InChI is InChI=1S/C10H13BrN2O3/c11-8-6-13(10(15)12-9(8)14)5-7-3-1-2-4-16-7/h6-7H,1-5H2,(H,12,14,15). The maximum atomic E-state index is 11.5. The lowest BCUT2D eigenvalue weighted by Gasteiger charge is -2.22. The van der Waals surface area contributed by atoms with Gasteiger partial charge in [0.15, 0.2) is 0 Å². The Bertz CT molecular complexity index is 474. The molecule has 2 heterocycles. The van der Waals surface area contributed by atoms with E-state index < -0.39 is 5.56 Å². The molecule has 0 bridgehead atoms. The third-order valence-electron chi connectivity index (χ3n) is 2.64. The van der Waals surface area contributed by atoms with Gasteiger partial charge in [-0.25, -0.2) is 4.79 Å². The van der Waals surface area contributed by atoms with Crippen molar-refractivity contribution in [3.8, 4) is 0 Å². The molecule has 1 N–H and O–H groups in total. The van der Waals surface area contributed by atoms with Crippen LogP contribution in [-0.4, -0.2) is 22.3 Å². The van der Waals surface area contributed by atoms with Gasteiger partial charge in [-0.3, -0.25) is 14.3 Å². The molecule has 2 rings (SSSR count). The molecule has 1 atom stereocenters. The van der Waals surface area contributed by atoms with E-state index in [4.69, 9.17) is 4.74 Å². The second kappa shape index (κ2) is 4.97. The van der Waals surface area contributed by atoms with E-state index >= 15 is 0 Å². The first kappa shape index (κ1) is 11.6. The first-order valence-corrected chi connectivity index (χ1v) is 6.07. The molecule has 0 spiro atoms. The molecule has 0 radical (unpaired) electrons. The fraction of sp³-hybridized carbons (Fsp3) is 0.600. The van der Waals surface area contributed by atoms with E-state index in [-0.39, 0.29) is 11.8 Å². The molecule has 1 unspecified atom stereocenters. The Balaban J connectivity index is 2.17. The number of nitrogens with zero attached hydrogens (tertiary/aromatic N) is 1. The van der Waals surface area contributed by atoms with Crippen molar-refractivity contribution in [2.45, 2.75) is 31.9 Å². The summed E-state index contributed by atoms with van der Waals surface area (Å²) in [7, 11) is 0. The van der Waals surface area contributed by atoms with Gasteiger partial charge in [-0.1, -0.05) is 0 Å². The number of hydrogen-bond acceptors (Lipinski definition) is 3. The maximum Gasteiger partial charge on any atom is 0.328 e. The minimum absolute atomic E-state index is 0.0734. The van der Waals surface area contributed by atoms with Gasteiger partial charge in [-0.2, -0.15) is 0 Å². The second-order valence-electron chi connectivity index (χ2n) is 3.88. The summed E-state index contributed by atoms with van der Waals surface area (Å²) in [5.41, 5.74) is -0.784. The van der Waals surface area contributed by atoms with Crippen molar-refractivity contribution in [1.29, 1.82) is 0 Å². The predicted molar refractivity (Wildman–Crippen MR) is 62.6 cm³/mol. The Morgan fingerprint density at radius 3 is 3.00 bits per heavy atom. The van der Waals surface area contributed by atoms with Crippen LogP contribution in [-0.2, 0) is 11.3 Å². The molecular weight excluding hydrogens is 276 g/mol. The van der Waals surface area contributed by atoms with Crippen LogP contribution in [0.4, 0.5) is 0 Å². The van der Waals surface area contributed by atoms with E-state index in [1.54, 1.807) is 0 Å². The van der Waals surface area contributed by atoms with Crippen molar-refractivity contribution < 1.29 is 4.74 Å². The Labute approximate surface area is 101 Å². The first-order chi connectivity index (χ1) is 7.66. The van der Waals surface area contributed by atoms with E-state index in [0.29, 0.717) is 11.0 Å². The van der Waals surface area contributed by atoms with Crippen molar-refractivity contribution in [2.75, 3.05) is 6.61 Å². The maximum absolute atomic E-state index is 11.5. The average Bonchev–Trinajstić information content (AvgIpc) is 2.27. The monoisotopic (exact) mass is 288 g/mol. The highest BCUT2D eigenvalue weighted by atomic mass is 79.9. The fourth-order valence-corrected chi connectivity index (χ4v) is 2.14. The Kier molecular flexibility index (Phi) is 3.60. The lowest BCUT2D eigenvalue weighted by Crippen LogP contribution is -2.35. The molecule has 88 valence electrons. The highest BCUT2D eigenvalue weighted by molar-refractivity contribution is 9.10. The van der Waals surface area contributed by atoms with E-state index in [1.807, 2.05) is 0 Å². The van der Waals surface area contributed by atoms with Crippen molar-refractivity contribution in [2.24, 2.45) is 0 Å². The third-order valence-corrected chi connectivity index (χ3v) is 3.21. The molecular formula is C10H13BrN2O3. The summed E-state index contributed by atoms with van der Waals surface area (Å²) in [5, 5.41) is 0. The summed E-state index contributed by atoms with van der Waals surface area (Å²) in [4.78, 5) is 24.9. The Morgan fingerprint density at radius 2 is 2.31 bits per heavy atom. The zero-order valence-corrected chi connectivity index (χ0v) is 10.3. The average molecular weight is 289 g/mol. The molecule has 0 aromatic carbocycles. The molecule has 1 aliphatic heterocycles. The molecule has 1 aliphatic rings. The van der Waals surface area contributed by atoms with Crippen LogP contribution in [0, 0.1) is 0 Å². The van der Waals surface area contributed by atoms with Crippen LogP contribution < -0.4 is 11.2 Å². The molecule has 16 heavy (non-hydrogen) atoms. The predicted octanol–water partition coefficient (Wildman–Crippen LogP) is 0.868. The quantitative estimate of drug-likeness (QED) is 0.878. The summed E-state index contributed by atoms with van der Waals surface area (Å²) >= 11 is 3.10. The number of aromatic amines is 1. The SMILES string of the molecule is O=c1[nH]c(=O)n(CC2CCCCO2)cc1Br. The number of ether oxygens (including phenoxy) is 1. The van der Waals surface area contributed by atoms with Gasteiger partial charge in [0, 0.05) is 12.8 Å². The number of H-pyrrole nitrogens is 1.